The number of benzene rings is 1. The molecule has 2 N–H and O–H groups in total. The van der Waals surface area contributed by atoms with Gasteiger partial charge in [-0.1, -0.05) is 6.07 Å². The van der Waals surface area contributed by atoms with Gasteiger partial charge < -0.3 is 15.4 Å². The van der Waals surface area contributed by atoms with Crippen LogP contribution in [0.25, 0.3) is 0 Å². The van der Waals surface area contributed by atoms with E-state index in [0.717, 1.165) is 24.2 Å². The van der Waals surface area contributed by atoms with E-state index in [1.165, 1.54) is 0 Å². The maximum absolute atomic E-state index is 8.85. The molecule has 0 aliphatic heterocycles. The summed E-state index contributed by atoms with van der Waals surface area (Å²) < 4.78 is 4.95. The highest BCUT2D eigenvalue weighted by Crippen LogP contribution is 2.16. The summed E-state index contributed by atoms with van der Waals surface area (Å²) in [6.07, 6.45) is 0.898. The molecule has 0 amide bonds. The molecule has 0 aliphatic rings. The van der Waals surface area contributed by atoms with Crippen LogP contribution in [0.15, 0.2) is 18.2 Å². The largest absolute Gasteiger partial charge is 0.385 e. The van der Waals surface area contributed by atoms with E-state index in [4.69, 9.17) is 22.2 Å². The second-order valence-corrected chi connectivity index (χ2v) is 4.28. The maximum Gasteiger partial charge on any atom is 0.170 e. The number of methoxy groups -OCH3 is 1. The lowest BCUT2D eigenvalue weighted by molar-refractivity contribution is 0.196. The minimum atomic E-state index is 0.560. The number of ether oxygens (including phenoxy) is 1. The zero-order valence-corrected chi connectivity index (χ0v) is 11.4. The van der Waals surface area contributed by atoms with Crippen LogP contribution in [0.4, 0.5) is 5.69 Å². The van der Waals surface area contributed by atoms with Gasteiger partial charge in [0, 0.05) is 25.9 Å². The Morgan fingerprint density at radius 1 is 1.50 bits per heavy atom. The highest BCUT2D eigenvalue weighted by molar-refractivity contribution is 7.80. The molecule has 0 spiro atoms. The molecule has 5 heteroatoms. The summed E-state index contributed by atoms with van der Waals surface area (Å²) in [6.45, 7) is 3.44. The van der Waals surface area contributed by atoms with Gasteiger partial charge in [-0.25, -0.2) is 0 Å². The zero-order valence-electron chi connectivity index (χ0n) is 10.6. The number of aryl methyl sites for hydroxylation is 1. The standard InChI is InChI=1S/C13H17N3OS/c1-10-4-5-11(9-14)8-12(10)16-13(18)15-6-3-7-17-2/h4-5,8H,3,6-7H2,1-2H3,(H2,15,16,18). The lowest BCUT2D eigenvalue weighted by atomic mass is 10.1. The third-order valence-electron chi connectivity index (χ3n) is 2.43. The van der Waals surface area contributed by atoms with E-state index in [0.29, 0.717) is 17.3 Å². The van der Waals surface area contributed by atoms with E-state index in [2.05, 4.69) is 16.7 Å². The van der Waals surface area contributed by atoms with Crippen molar-refractivity contribution in [1.29, 1.82) is 5.26 Å². The van der Waals surface area contributed by atoms with Crippen molar-refractivity contribution in [1.82, 2.24) is 5.32 Å². The Morgan fingerprint density at radius 2 is 2.28 bits per heavy atom. The van der Waals surface area contributed by atoms with E-state index in [1.807, 2.05) is 13.0 Å². The molecule has 0 aromatic heterocycles. The van der Waals surface area contributed by atoms with Crippen molar-refractivity contribution in [2.24, 2.45) is 0 Å². The molecule has 0 unspecified atom stereocenters. The molecule has 4 nitrogen and oxygen atoms in total. The molecule has 0 bridgehead atoms. The molecule has 1 rings (SSSR count). The molecule has 0 saturated carbocycles. The lowest BCUT2D eigenvalue weighted by Crippen LogP contribution is -2.30. The van der Waals surface area contributed by atoms with Crippen molar-refractivity contribution in [3.05, 3.63) is 29.3 Å². The molecule has 0 fully saturated rings. The van der Waals surface area contributed by atoms with Crippen molar-refractivity contribution < 1.29 is 4.74 Å². The van der Waals surface area contributed by atoms with Crippen LogP contribution in [0, 0.1) is 18.3 Å². The van der Waals surface area contributed by atoms with Gasteiger partial charge in [0.05, 0.1) is 11.6 Å². The van der Waals surface area contributed by atoms with Crippen LogP contribution >= 0.6 is 12.2 Å². The Hall–Kier alpha value is -1.64. The van der Waals surface area contributed by atoms with Crippen LogP contribution in [0.5, 0.6) is 0 Å². The number of anilines is 1. The molecule has 1 aromatic rings. The van der Waals surface area contributed by atoms with Crippen molar-refractivity contribution in [3.8, 4) is 6.07 Å². The predicted octanol–water partition coefficient (Wildman–Crippen LogP) is 2.19. The first-order valence-electron chi connectivity index (χ1n) is 5.72. The number of hydrogen-bond donors (Lipinski definition) is 2. The fourth-order valence-corrected chi connectivity index (χ4v) is 1.62. The SMILES string of the molecule is COCCCNC(=S)Nc1cc(C#N)ccc1C. The summed E-state index contributed by atoms with van der Waals surface area (Å²) in [5.74, 6) is 0. The smallest absolute Gasteiger partial charge is 0.170 e. The van der Waals surface area contributed by atoms with Gasteiger partial charge in [0.25, 0.3) is 0 Å². The Bertz CT molecular complexity index is 454. The molecular weight excluding hydrogens is 246 g/mol. The van der Waals surface area contributed by atoms with Gasteiger partial charge in [-0.15, -0.1) is 0 Å². The van der Waals surface area contributed by atoms with Crippen molar-refractivity contribution in [3.63, 3.8) is 0 Å². The van der Waals surface area contributed by atoms with Crippen molar-refractivity contribution >= 4 is 23.0 Å². The average molecular weight is 263 g/mol. The van der Waals surface area contributed by atoms with Crippen LogP contribution < -0.4 is 10.6 Å². The highest BCUT2D eigenvalue weighted by Gasteiger charge is 2.02. The maximum atomic E-state index is 8.85. The van der Waals surface area contributed by atoms with E-state index in [1.54, 1.807) is 19.2 Å². The molecule has 0 atom stereocenters. The van der Waals surface area contributed by atoms with E-state index in [9.17, 15) is 0 Å². The Balaban J connectivity index is 2.51. The number of hydrogen-bond acceptors (Lipinski definition) is 3. The van der Waals surface area contributed by atoms with Gasteiger partial charge in [-0.05, 0) is 43.3 Å². The van der Waals surface area contributed by atoms with E-state index in [-0.39, 0.29) is 0 Å². The number of nitrogens with one attached hydrogen (secondary N) is 2. The summed E-state index contributed by atoms with van der Waals surface area (Å²) >= 11 is 5.18. The van der Waals surface area contributed by atoms with Gasteiger partial charge >= 0.3 is 0 Å². The number of nitrogens with zero attached hydrogens (tertiary/aromatic N) is 1. The van der Waals surface area contributed by atoms with Crippen LogP contribution in [0.2, 0.25) is 0 Å². The van der Waals surface area contributed by atoms with E-state index >= 15 is 0 Å². The van der Waals surface area contributed by atoms with Gasteiger partial charge in [-0.3, -0.25) is 0 Å². The second-order valence-electron chi connectivity index (χ2n) is 3.87. The summed E-state index contributed by atoms with van der Waals surface area (Å²) in [5, 5.41) is 15.6. The van der Waals surface area contributed by atoms with E-state index < -0.39 is 0 Å². The zero-order chi connectivity index (χ0) is 13.4. The fraction of sp³-hybridized carbons (Fsp3) is 0.385. The van der Waals surface area contributed by atoms with Gasteiger partial charge in [-0.2, -0.15) is 5.26 Å². The normalized spacial score (nSPS) is 9.61. The molecule has 0 aliphatic carbocycles. The van der Waals surface area contributed by atoms with Gasteiger partial charge in [0.2, 0.25) is 0 Å². The second kappa shape index (κ2) is 7.64. The molecule has 18 heavy (non-hydrogen) atoms. The minimum absolute atomic E-state index is 0.560. The van der Waals surface area contributed by atoms with Crippen LogP contribution in [-0.2, 0) is 4.74 Å². The molecular formula is C13H17N3OS. The summed E-state index contributed by atoms with van der Waals surface area (Å²) in [7, 11) is 1.67. The number of rotatable bonds is 5. The van der Waals surface area contributed by atoms with Crippen LogP contribution in [-0.4, -0.2) is 25.4 Å². The first-order chi connectivity index (χ1) is 8.67. The van der Waals surface area contributed by atoms with Gasteiger partial charge in [0.15, 0.2) is 5.11 Å². The topological polar surface area (TPSA) is 57.1 Å². The minimum Gasteiger partial charge on any atom is -0.385 e. The first-order valence-corrected chi connectivity index (χ1v) is 6.12. The molecule has 0 heterocycles. The lowest BCUT2D eigenvalue weighted by Gasteiger charge is -2.12. The molecule has 1 aromatic carbocycles. The Morgan fingerprint density at radius 3 is 2.94 bits per heavy atom. The quantitative estimate of drug-likeness (QED) is 0.630. The summed E-state index contributed by atoms with van der Waals surface area (Å²) in [6, 6.07) is 7.58. The van der Waals surface area contributed by atoms with Crippen molar-refractivity contribution in [2.75, 3.05) is 25.6 Å². The average Bonchev–Trinajstić information content (AvgIpc) is 2.37. The third kappa shape index (κ3) is 4.70. The highest BCUT2D eigenvalue weighted by atomic mass is 32.1. The molecule has 0 saturated heterocycles. The van der Waals surface area contributed by atoms with Gasteiger partial charge in [0.1, 0.15) is 0 Å². The predicted molar refractivity (Wildman–Crippen MR) is 76.6 cm³/mol. The van der Waals surface area contributed by atoms with Crippen LogP contribution in [0.1, 0.15) is 17.5 Å². The molecule has 96 valence electrons. The third-order valence-corrected chi connectivity index (χ3v) is 2.67. The summed E-state index contributed by atoms with van der Waals surface area (Å²) in [5.41, 5.74) is 2.53. The monoisotopic (exact) mass is 263 g/mol. The first kappa shape index (κ1) is 14.4. The number of nitriles is 1. The Labute approximate surface area is 113 Å². The fourth-order valence-electron chi connectivity index (χ4n) is 1.41. The molecule has 0 radical (unpaired) electrons. The van der Waals surface area contributed by atoms with Crippen LogP contribution in [0.3, 0.4) is 0 Å². The number of thiocarbonyl (C=S) groups is 1. The Kier molecular flexibility index (Phi) is 6.12. The van der Waals surface area contributed by atoms with Crippen molar-refractivity contribution in [2.45, 2.75) is 13.3 Å². The summed E-state index contributed by atoms with van der Waals surface area (Å²) in [4.78, 5) is 0.